The summed E-state index contributed by atoms with van der Waals surface area (Å²) in [6.45, 7) is 3.98. The minimum absolute atomic E-state index is 0.242. The molecule has 3 rings (SSSR count). The third-order valence-corrected chi connectivity index (χ3v) is 4.22. The van der Waals surface area contributed by atoms with E-state index in [1.54, 1.807) is 12.4 Å². The fourth-order valence-electron chi connectivity index (χ4n) is 2.88. The van der Waals surface area contributed by atoms with Gasteiger partial charge in [0.1, 0.15) is 18.5 Å². The highest BCUT2D eigenvalue weighted by atomic mass is 16.5. The molecule has 1 unspecified atom stereocenters. The molecule has 1 aromatic carbocycles. The number of para-hydroxylation sites is 1. The van der Waals surface area contributed by atoms with Gasteiger partial charge in [0, 0.05) is 32.0 Å². The number of ether oxygens (including phenoxy) is 1. The maximum absolute atomic E-state index is 10.5. The van der Waals surface area contributed by atoms with E-state index in [1.807, 2.05) is 67.6 Å². The van der Waals surface area contributed by atoms with Gasteiger partial charge in [0.2, 0.25) is 0 Å². The summed E-state index contributed by atoms with van der Waals surface area (Å²) in [6.07, 6.45) is 2.95. The first-order chi connectivity index (χ1) is 13.2. The Morgan fingerprint density at radius 1 is 0.889 bits per heavy atom. The smallest absolute Gasteiger partial charge is 0.122 e. The van der Waals surface area contributed by atoms with Crippen LogP contribution in [-0.4, -0.2) is 39.2 Å². The van der Waals surface area contributed by atoms with Crippen molar-refractivity contribution in [1.82, 2.24) is 14.9 Å². The summed E-state index contributed by atoms with van der Waals surface area (Å²) in [5.41, 5.74) is 2.98. The van der Waals surface area contributed by atoms with Gasteiger partial charge in [0.15, 0.2) is 0 Å². The Kier molecular flexibility index (Phi) is 6.90. The molecule has 0 spiro atoms. The van der Waals surface area contributed by atoms with Crippen LogP contribution in [0.25, 0.3) is 0 Å². The quantitative estimate of drug-likeness (QED) is 0.632. The zero-order chi connectivity index (χ0) is 18.9. The normalized spacial score (nSPS) is 12.1. The van der Waals surface area contributed by atoms with Crippen LogP contribution in [0.2, 0.25) is 0 Å². The van der Waals surface area contributed by atoms with Crippen LogP contribution in [0.5, 0.6) is 5.75 Å². The third-order valence-electron chi connectivity index (χ3n) is 4.22. The molecule has 2 heterocycles. The predicted molar refractivity (Wildman–Crippen MR) is 105 cm³/mol. The molecule has 0 aliphatic carbocycles. The molecule has 5 heteroatoms. The Bertz CT molecular complexity index is 771. The molecule has 0 amide bonds. The molecule has 2 aromatic heterocycles. The van der Waals surface area contributed by atoms with Crippen LogP contribution < -0.4 is 4.74 Å². The monoisotopic (exact) mass is 363 g/mol. The molecule has 0 saturated heterocycles. The highest BCUT2D eigenvalue weighted by Gasteiger charge is 2.15. The van der Waals surface area contributed by atoms with Gasteiger partial charge in [-0.1, -0.05) is 30.3 Å². The lowest BCUT2D eigenvalue weighted by Gasteiger charge is -2.24. The van der Waals surface area contributed by atoms with Crippen molar-refractivity contribution in [3.05, 3.63) is 90.0 Å². The van der Waals surface area contributed by atoms with Gasteiger partial charge in [0.25, 0.3) is 0 Å². The van der Waals surface area contributed by atoms with Crippen LogP contribution in [0.4, 0.5) is 0 Å². The summed E-state index contributed by atoms with van der Waals surface area (Å²) in [5.74, 6) is 0.803. The van der Waals surface area contributed by atoms with E-state index >= 15 is 0 Å². The summed E-state index contributed by atoms with van der Waals surface area (Å²) in [5, 5.41) is 10.5. The average molecular weight is 363 g/mol. The first kappa shape index (κ1) is 19.0. The van der Waals surface area contributed by atoms with Gasteiger partial charge >= 0.3 is 0 Å². The van der Waals surface area contributed by atoms with Crippen molar-refractivity contribution in [3.63, 3.8) is 0 Å². The topological polar surface area (TPSA) is 58.5 Å². The van der Waals surface area contributed by atoms with Crippen molar-refractivity contribution in [2.24, 2.45) is 0 Å². The van der Waals surface area contributed by atoms with E-state index in [4.69, 9.17) is 4.74 Å². The molecule has 0 aliphatic rings. The number of aryl methyl sites for hydroxylation is 1. The Labute approximate surface area is 160 Å². The lowest BCUT2D eigenvalue weighted by atomic mass is 10.2. The molecule has 5 nitrogen and oxygen atoms in total. The van der Waals surface area contributed by atoms with E-state index in [1.165, 1.54) is 0 Å². The number of hydrogen-bond acceptors (Lipinski definition) is 5. The fourth-order valence-corrected chi connectivity index (χ4v) is 2.88. The van der Waals surface area contributed by atoms with E-state index in [9.17, 15) is 5.11 Å². The molecule has 3 aromatic rings. The number of hydrogen-bond donors (Lipinski definition) is 1. The average Bonchev–Trinajstić information content (AvgIpc) is 2.69. The second-order valence-corrected chi connectivity index (χ2v) is 6.54. The predicted octanol–water partition coefficient (Wildman–Crippen LogP) is 3.23. The second-order valence-electron chi connectivity index (χ2n) is 6.54. The largest absolute Gasteiger partial charge is 0.491 e. The molecular weight excluding hydrogens is 338 g/mol. The van der Waals surface area contributed by atoms with E-state index in [0.29, 0.717) is 19.6 Å². The highest BCUT2D eigenvalue weighted by Crippen LogP contribution is 2.16. The van der Waals surface area contributed by atoms with Gasteiger partial charge in [-0.05, 0) is 42.8 Å². The lowest BCUT2D eigenvalue weighted by molar-refractivity contribution is 0.0618. The maximum Gasteiger partial charge on any atom is 0.122 e. The van der Waals surface area contributed by atoms with E-state index in [-0.39, 0.29) is 6.61 Å². The molecule has 27 heavy (non-hydrogen) atoms. The molecule has 1 atom stereocenters. The van der Waals surface area contributed by atoms with E-state index in [2.05, 4.69) is 14.9 Å². The van der Waals surface area contributed by atoms with Crippen LogP contribution in [-0.2, 0) is 13.1 Å². The number of aliphatic hydroxyl groups excluding tert-OH is 1. The van der Waals surface area contributed by atoms with Gasteiger partial charge < -0.3 is 9.84 Å². The molecule has 0 aliphatic heterocycles. The van der Waals surface area contributed by atoms with E-state index in [0.717, 1.165) is 22.7 Å². The van der Waals surface area contributed by atoms with Crippen molar-refractivity contribution in [2.75, 3.05) is 13.2 Å². The number of aromatic nitrogens is 2. The number of nitrogens with zero attached hydrogens (tertiary/aromatic N) is 3. The number of benzene rings is 1. The van der Waals surface area contributed by atoms with Crippen molar-refractivity contribution in [3.8, 4) is 5.75 Å². The number of rotatable bonds is 9. The summed E-state index contributed by atoms with van der Waals surface area (Å²) < 4.78 is 5.79. The van der Waals surface area contributed by atoms with Gasteiger partial charge in [-0.15, -0.1) is 0 Å². The van der Waals surface area contributed by atoms with Crippen molar-refractivity contribution in [1.29, 1.82) is 0 Å². The molecular formula is C22H25N3O2. The molecule has 0 bridgehead atoms. The lowest BCUT2D eigenvalue weighted by Crippen LogP contribution is -2.35. The Hall–Kier alpha value is -2.76. The van der Waals surface area contributed by atoms with Gasteiger partial charge in [-0.25, -0.2) is 0 Å². The zero-order valence-corrected chi connectivity index (χ0v) is 15.5. The minimum atomic E-state index is -0.614. The molecule has 0 fully saturated rings. The van der Waals surface area contributed by atoms with Crippen molar-refractivity contribution in [2.45, 2.75) is 26.1 Å². The Balaban J connectivity index is 1.62. The van der Waals surface area contributed by atoms with Crippen LogP contribution in [0.1, 0.15) is 17.0 Å². The fraction of sp³-hybridized carbons (Fsp3) is 0.273. The SMILES string of the molecule is Cc1ccccc1OCC(O)CN(Cc1ccccn1)Cc1ccccn1. The van der Waals surface area contributed by atoms with Crippen molar-refractivity contribution < 1.29 is 9.84 Å². The van der Waals surface area contributed by atoms with Gasteiger partial charge in [0.05, 0.1) is 11.4 Å². The number of pyridine rings is 2. The van der Waals surface area contributed by atoms with Gasteiger partial charge in [-0.3, -0.25) is 14.9 Å². The first-order valence-corrected chi connectivity index (χ1v) is 9.09. The van der Waals surface area contributed by atoms with Crippen LogP contribution in [0, 0.1) is 6.92 Å². The summed E-state index contributed by atoms with van der Waals surface area (Å²) in [6, 6.07) is 19.5. The Morgan fingerprint density at radius 3 is 2.04 bits per heavy atom. The molecule has 0 saturated carbocycles. The van der Waals surface area contributed by atoms with Crippen LogP contribution in [0.15, 0.2) is 73.1 Å². The molecule has 0 radical (unpaired) electrons. The Morgan fingerprint density at radius 2 is 1.48 bits per heavy atom. The highest BCUT2D eigenvalue weighted by molar-refractivity contribution is 5.31. The summed E-state index contributed by atoms with van der Waals surface area (Å²) in [7, 11) is 0. The minimum Gasteiger partial charge on any atom is -0.491 e. The summed E-state index contributed by atoms with van der Waals surface area (Å²) >= 11 is 0. The molecule has 140 valence electrons. The summed E-state index contributed by atoms with van der Waals surface area (Å²) in [4.78, 5) is 10.9. The first-order valence-electron chi connectivity index (χ1n) is 9.09. The van der Waals surface area contributed by atoms with E-state index < -0.39 is 6.10 Å². The zero-order valence-electron chi connectivity index (χ0n) is 15.5. The van der Waals surface area contributed by atoms with Crippen LogP contribution in [0.3, 0.4) is 0 Å². The third kappa shape index (κ3) is 6.16. The molecule has 1 N–H and O–H groups in total. The second kappa shape index (κ2) is 9.80. The number of aliphatic hydroxyl groups is 1. The van der Waals surface area contributed by atoms with Crippen molar-refractivity contribution >= 4 is 0 Å². The standard InChI is InChI=1S/C22H25N3O2/c1-18-8-2-3-11-22(18)27-17-21(26)16-25(14-19-9-4-6-12-23-19)15-20-10-5-7-13-24-20/h2-13,21,26H,14-17H2,1H3. The maximum atomic E-state index is 10.5. The van der Waals surface area contributed by atoms with Crippen LogP contribution >= 0.6 is 0 Å². The van der Waals surface area contributed by atoms with Gasteiger partial charge in [-0.2, -0.15) is 0 Å².